The maximum atomic E-state index is 13.2. The molecule has 1 fully saturated rings. The van der Waals surface area contributed by atoms with Crippen molar-refractivity contribution in [3.05, 3.63) is 77.2 Å². The number of hydrogen-bond acceptors (Lipinski definition) is 5. The molecule has 212 valence electrons. The van der Waals surface area contributed by atoms with Gasteiger partial charge in [0.05, 0.1) is 30.4 Å². The molecule has 40 heavy (non-hydrogen) atoms. The number of furan rings is 1. The molecule has 0 aliphatic carbocycles. The summed E-state index contributed by atoms with van der Waals surface area (Å²) in [5.74, 6) is -2.91. The maximum absolute atomic E-state index is 13.2. The molecule has 2 amide bonds. The van der Waals surface area contributed by atoms with Crippen molar-refractivity contribution in [1.82, 2.24) is 4.90 Å². The summed E-state index contributed by atoms with van der Waals surface area (Å²) in [6.45, 7) is -0.136. The number of nitrogens with zero attached hydrogens (tertiary/aromatic N) is 1. The van der Waals surface area contributed by atoms with Crippen LogP contribution in [0.15, 0.2) is 59.4 Å². The van der Waals surface area contributed by atoms with Crippen LogP contribution in [0.1, 0.15) is 44.7 Å². The molecule has 1 aromatic heterocycles. The molecule has 3 aromatic rings. The Morgan fingerprint density at radius 2 is 1.65 bits per heavy atom. The number of benzene rings is 2. The second-order valence-electron chi connectivity index (χ2n) is 9.15. The van der Waals surface area contributed by atoms with Crippen LogP contribution in [0.4, 0.5) is 32.0 Å². The number of carbonyl (C=O) groups is 3. The molecule has 1 saturated heterocycles. The summed E-state index contributed by atoms with van der Waals surface area (Å²) < 4.78 is 89.3. The number of esters is 1. The minimum Gasteiger partial charge on any atom is -0.471 e. The maximum Gasteiger partial charge on any atom is 0.416 e. The molecule has 1 unspecified atom stereocenters. The van der Waals surface area contributed by atoms with Crippen molar-refractivity contribution in [1.29, 1.82) is 0 Å². The molecule has 1 aliphatic heterocycles. The van der Waals surface area contributed by atoms with Crippen LogP contribution in [-0.2, 0) is 21.9 Å². The van der Waals surface area contributed by atoms with E-state index in [1.165, 1.54) is 19.6 Å². The van der Waals surface area contributed by atoms with Gasteiger partial charge in [-0.25, -0.2) is 4.79 Å². The second-order valence-corrected chi connectivity index (χ2v) is 9.15. The molecule has 2 aromatic carbocycles. The number of rotatable bonds is 5. The standard InChI is InChI=1S/C27H22F6N2O5/c1-39-25(38)22-14-40-13-21(22)15-4-2-6-20(10-15)34-23(36)16-5-3-7-35(12-16)24(37)17-8-18(26(28,29)30)11-19(9-17)27(31,32)33/h2,4,6,8-11,13-14,16H,3,5,7,12H2,1H3,(H,34,36). The van der Waals surface area contributed by atoms with Gasteiger partial charge in [-0.05, 0) is 48.7 Å². The lowest BCUT2D eigenvalue weighted by Gasteiger charge is -2.32. The van der Waals surface area contributed by atoms with Gasteiger partial charge in [-0.1, -0.05) is 12.1 Å². The predicted octanol–water partition coefficient (Wildman–Crippen LogP) is 6.26. The molecule has 0 spiro atoms. The molecule has 0 saturated carbocycles. The van der Waals surface area contributed by atoms with E-state index in [0.29, 0.717) is 41.8 Å². The van der Waals surface area contributed by atoms with E-state index in [9.17, 15) is 40.7 Å². The zero-order valence-electron chi connectivity index (χ0n) is 20.9. The number of halogens is 6. The fourth-order valence-electron chi connectivity index (χ4n) is 4.43. The molecule has 1 N–H and O–H groups in total. The van der Waals surface area contributed by atoms with Crippen molar-refractivity contribution in [2.75, 3.05) is 25.5 Å². The Bertz CT molecular complexity index is 1400. The van der Waals surface area contributed by atoms with Gasteiger partial charge in [0.1, 0.15) is 11.8 Å². The van der Waals surface area contributed by atoms with Gasteiger partial charge >= 0.3 is 18.3 Å². The highest BCUT2D eigenvalue weighted by atomic mass is 19.4. The average molecular weight is 568 g/mol. The van der Waals surface area contributed by atoms with Crippen LogP contribution in [0.2, 0.25) is 0 Å². The Morgan fingerprint density at radius 1 is 0.975 bits per heavy atom. The first kappa shape index (κ1) is 28.7. The van der Waals surface area contributed by atoms with Crippen LogP contribution in [-0.4, -0.2) is 42.9 Å². The first-order valence-electron chi connectivity index (χ1n) is 11.9. The highest BCUT2D eigenvalue weighted by molar-refractivity contribution is 5.99. The molecule has 7 nitrogen and oxygen atoms in total. The van der Waals surface area contributed by atoms with Gasteiger partial charge in [0.25, 0.3) is 5.91 Å². The summed E-state index contributed by atoms with van der Waals surface area (Å²) in [7, 11) is 1.22. The van der Waals surface area contributed by atoms with Crippen LogP contribution in [0.25, 0.3) is 11.1 Å². The normalized spacial score (nSPS) is 16.0. The van der Waals surface area contributed by atoms with E-state index in [1.807, 2.05) is 0 Å². The molecular formula is C27H22F6N2O5. The smallest absolute Gasteiger partial charge is 0.416 e. The monoisotopic (exact) mass is 568 g/mol. The van der Waals surface area contributed by atoms with E-state index < -0.39 is 52.7 Å². The van der Waals surface area contributed by atoms with E-state index >= 15 is 0 Å². The van der Waals surface area contributed by atoms with Crippen LogP contribution in [0.3, 0.4) is 0 Å². The summed E-state index contributed by atoms with van der Waals surface area (Å²) in [5, 5.41) is 2.71. The number of ether oxygens (including phenoxy) is 1. The summed E-state index contributed by atoms with van der Waals surface area (Å²) >= 11 is 0. The molecule has 1 atom stereocenters. The second kappa shape index (κ2) is 11.1. The van der Waals surface area contributed by atoms with Crippen LogP contribution in [0, 0.1) is 5.92 Å². The zero-order valence-corrected chi connectivity index (χ0v) is 20.9. The van der Waals surface area contributed by atoms with Crippen molar-refractivity contribution >= 4 is 23.5 Å². The third kappa shape index (κ3) is 6.29. The van der Waals surface area contributed by atoms with E-state index in [4.69, 9.17) is 9.15 Å². The Hall–Kier alpha value is -4.29. The van der Waals surface area contributed by atoms with Crippen molar-refractivity contribution in [3.8, 4) is 11.1 Å². The Morgan fingerprint density at radius 3 is 2.27 bits per heavy atom. The van der Waals surface area contributed by atoms with E-state index in [-0.39, 0.29) is 24.7 Å². The lowest BCUT2D eigenvalue weighted by Crippen LogP contribution is -2.43. The largest absolute Gasteiger partial charge is 0.471 e. The summed E-state index contributed by atoms with van der Waals surface area (Å²) in [6.07, 6.45) is -6.96. The average Bonchev–Trinajstić information content (AvgIpc) is 3.41. The molecule has 1 aliphatic rings. The molecular weight excluding hydrogens is 546 g/mol. The highest BCUT2D eigenvalue weighted by Crippen LogP contribution is 2.37. The van der Waals surface area contributed by atoms with Crippen LogP contribution < -0.4 is 5.32 Å². The fourth-order valence-corrected chi connectivity index (χ4v) is 4.43. The molecule has 4 rings (SSSR count). The van der Waals surface area contributed by atoms with Crippen LogP contribution in [0.5, 0.6) is 0 Å². The SMILES string of the molecule is COC(=O)c1cocc1-c1cccc(NC(=O)C2CCCN(C(=O)c3cc(C(F)(F)F)cc(C(F)(F)F)c3)C2)c1. The summed E-state index contributed by atoms with van der Waals surface area (Å²) in [5.41, 5.74) is -2.45. The van der Waals surface area contributed by atoms with E-state index in [2.05, 4.69) is 5.32 Å². The number of piperidine rings is 1. The number of nitrogens with one attached hydrogen (secondary N) is 1. The van der Waals surface area contributed by atoms with Gasteiger partial charge in [0.2, 0.25) is 5.91 Å². The topological polar surface area (TPSA) is 88.8 Å². The van der Waals surface area contributed by atoms with Gasteiger partial charge in [0.15, 0.2) is 0 Å². The van der Waals surface area contributed by atoms with Crippen molar-refractivity contribution in [2.45, 2.75) is 25.2 Å². The zero-order chi connectivity index (χ0) is 29.2. The van der Waals surface area contributed by atoms with E-state index in [1.54, 1.807) is 24.3 Å². The molecule has 0 radical (unpaired) electrons. The van der Waals surface area contributed by atoms with Gasteiger partial charge in [0, 0.05) is 29.9 Å². The van der Waals surface area contributed by atoms with Crippen molar-refractivity contribution in [3.63, 3.8) is 0 Å². The fraction of sp³-hybridized carbons (Fsp3) is 0.296. The number of carbonyl (C=O) groups excluding carboxylic acids is 3. The highest BCUT2D eigenvalue weighted by Gasteiger charge is 2.38. The summed E-state index contributed by atoms with van der Waals surface area (Å²) in [4.78, 5) is 39.1. The molecule has 0 bridgehead atoms. The number of anilines is 1. The minimum atomic E-state index is -5.09. The quantitative estimate of drug-likeness (QED) is 0.290. The number of methoxy groups -OCH3 is 1. The van der Waals surface area contributed by atoms with Crippen molar-refractivity contribution < 1.29 is 49.9 Å². The van der Waals surface area contributed by atoms with Gasteiger partial charge in [-0.2, -0.15) is 26.3 Å². The Kier molecular flexibility index (Phi) is 7.94. The van der Waals surface area contributed by atoms with Crippen LogP contribution >= 0.6 is 0 Å². The van der Waals surface area contributed by atoms with Gasteiger partial charge < -0.3 is 19.4 Å². The first-order valence-corrected chi connectivity index (χ1v) is 11.9. The predicted molar refractivity (Wildman–Crippen MR) is 129 cm³/mol. The minimum absolute atomic E-state index is 0.0466. The Balaban J connectivity index is 1.51. The first-order chi connectivity index (χ1) is 18.8. The van der Waals surface area contributed by atoms with Gasteiger partial charge in [-0.3, -0.25) is 9.59 Å². The Labute approximate surface area is 223 Å². The molecule has 13 heteroatoms. The number of hydrogen-bond donors (Lipinski definition) is 1. The van der Waals surface area contributed by atoms with Gasteiger partial charge in [-0.15, -0.1) is 0 Å². The molecule has 2 heterocycles. The number of alkyl halides is 6. The third-order valence-corrected chi connectivity index (χ3v) is 6.42. The lowest BCUT2D eigenvalue weighted by molar-refractivity contribution is -0.143. The summed E-state index contributed by atoms with van der Waals surface area (Å²) in [6, 6.07) is 7.19. The number of likely N-dealkylation sites (tertiary alicyclic amines) is 1. The van der Waals surface area contributed by atoms with E-state index in [0.717, 1.165) is 4.90 Å². The number of amides is 2. The van der Waals surface area contributed by atoms with Crippen molar-refractivity contribution in [2.24, 2.45) is 5.92 Å². The third-order valence-electron chi connectivity index (χ3n) is 6.42. The lowest BCUT2D eigenvalue weighted by atomic mass is 9.95.